The molecular formula is C11H17BrN4O2. The van der Waals surface area contributed by atoms with Crippen LogP contribution in [0.1, 0.15) is 24.3 Å². The molecule has 0 spiro atoms. The van der Waals surface area contributed by atoms with E-state index in [-0.39, 0.29) is 5.78 Å². The Hall–Kier alpha value is -0.790. The van der Waals surface area contributed by atoms with E-state index in [4.69, 9.17) is 4.74 Å². The highest BCUT2D eigenvalue weighted by Crippen LogP contribution is 2.24. The summed E-state index contributed by atoms with van der Waals surface area (Å²) in [5.41, 5.74) is -0.0756. The zero-order valence-corrected chi connectivity index (χ0v) is 12.4. The molecule has 2 rings (SSSR count). The third kappa shape index (κ3) is 2.34. The van der Waals surface area contributed by atoms with Crippen LogP contribution in [0.5, 0.6) is 0 Å². The summed E-state index contributed by atoms with van der Waals surface area (Å²) in [4.78, 5) is 14.8. The van der Waals surface area contributed by atoms with Crippen molar-refractivity contribution in [3.8, 4) is 0 Å². The van der Waals surface area contributed by atoms with Gasteiger partial charge in [-0.2, -0.15) is 0 Å². The van der Waals surface area contributed by atoms with Gasteiger partial charge < -0.3 is 4.74 Å². The van der Waals surface area contributed by atoms with Gasteiger partial charge >= 0.3 is 0 Å². The van der Waals surface area contributed by atoms with Gasteiger partial charge in [-0.1, -0.05) is 5.21 Å². The molecule has 0 aromatic carbocycles. The first-order chi connectivity index (χ1) is 8.44. The van der Waals surface area contributed by atoms with Gasteiger partial charge in [0, 0.05) is 20.1 Å². The summed E-state index contributed by atoms with van der Waals surface area (Å²) in [6, 6.07) is 0. The minimum absolute atomic E-state index is 0.0174. The van der Waals surface area contributed by atoms with Crippen molar-refractivity contribution >= 4 is 21.7 Å². The molecule has 100 valence electrons. The number of ether oxygens (including phenoxy) is 1. The van der Waals surface area contributed by atoms with E-state index in [0.29, 0.717) is 23.5 Å². The van der Waals surface area contributed by atoms with E-state index < -0.39 is 5.54 Å². The Bertz CT molecular complexity index is 432. The fourth-order valence-corrected chi connectivity index (χ4v) is 2.64. The summed E-state index contributed by atoms with van der Waals surface area (Å²) in [6.45, 7) is 6.73. The summed E-state index contributed by atoms with van der Waals surface area (Å²) in [7, 11) is 1.72. The molecule has 0 aliphatic carbocycles. The van der Waals surface area contributed by atoms with Gasteiger partial charge in [-0.05, 0) is 29.8 Å². The van der Waals surface area contributed by atoms with E-state index in [9.17, 15) is 4.79 Å². The van der Waals surface area contributed by atoms with Gasteiger partial charge in [0.25, 0.3) is 0 Å². The first-order valence-electron chi connectivity index (χ1n) is 5.87. The van der Waals surface area contributed by atoms with Crippen molar-refractivity contribution in [2.75, 3.05) is 26.3 Å². The molecule has 1 aliphatic heterocycles. The van der Waals surface area contributed by atoms with Crippen molar-refractivity contribution in [2.45, 2.75) is 19.4 Å². The number of ketones is 1. The summed E-state index contributed by atoms with van der Waals surface area (Å²) < 4.78 is 7.33. The Morgan fingerprint density at radius 2 is 2.00 bits per heavy atom. The maximum Gasteiger partial charge on any atom is 0.203 e. The number of aryl methyl sites for hydroxylation is 1. The number of carbonyl (C=O) groups is 1. The molecule has 0 atom stereocenters. The zero-order valence-electron chi connectivity index (χ0n) is 10.8. The van der Waals surface area contributed by atoms with E-state index in [1.165, 1.54) is 4.68 Å². The predicted octanol–water partition coefficient (Wildman–Crippen LogP) is 0.871. The number of hydrogen-bond acceptors (Lipinski definition) is 5. The molecule has 0 radical (unpaired) electrons. The van der Waals surface area contributed by atoms with Crippen LogP contribution in [-0.4, -0.2) is 57.5 Å². The zero-order chi connectivity index (χ0) is 13.3. The van der Waals surface area contributed by atoms with E-state index >= 15 is 0 Å². The topological polar surface area (TPSA) is 60.2 Å². The van der Waals surface area contributed by atoms with Gasteiger partial charge in [-0.15, -0.1) is 5.10 Å². The van der Waals surface area contributed by atoms with Crippen LogP contribution in [0.2, 0.25) is 0 Å². The minimum atomic E-state index is -0.582. The van der Waals surface area contributed by atoms with Crippen molar-refractivity contribution in [3.05, 3.63) is 10.3 Å². The molecule has 18 heavy (non-hydrogen) atoms. The highest BCUT2D eigenvalue weighted by Gasteiger charge is 2.38. The maximum absolute atomic E-state index is 12.7. The highest BCUT2D eigenvalue weighted by atomic mass is 79.9. The van der Waals surface area contributed by atoms with Crippen LogP contribution in [-0.2, 0) is 11.8 Å². The molecule has 0 saturated carbocycles. The number of Topliss-reactive ketones (excluding diaryl/α,β-unsaturated/α-hetero) is 1. The summed E-state index contributed by atoms with van der Waals surface area (Å²) >= 11 is 3.28. The van der Waals surface area contributed by atoms with Crippen molar-refractivity contribution < 1.29 is 9.53 Å². The van der Waals surface area contributed by atoms with Crippen LogP contribution in [0.3, 0.4) is 0 Å². The Kier molecular flexibility index (Phi) is 3.84. The summed E-state index contributed by atoms with van der Waals surface area (Å²) in [5.74, 6) is 0.0174. The number of aromatic nitrogens is 3. The average molecular weight is 317 g/mol. The van der Waals surface area contributed by atoms with Crippen LogP contribution >= 0.6 is 15.9 Å². The fourth-order valence-electron chi connectivity index (χ4n) is 2.13. The van der Waals surface area contributed by atoms with Crippen molar-refractivity contribution in [3.63, 3.8) is 0 Å². The first kappa shape index (κ1) is 13.6. The molecular weight excluding hydrogens is 300 g/mol. The minimum Gasteiger partial charge on any atom is -0.379 e. The van der Waals surface area contributed by atoms with Crippen LogP contribution in [0.4, 0.5) is 0 Å². The van der Waals surface area contributed by atoms with Gasteiger partial charge in [0.15, 0.2) is 4.60 Å². The van der Waals surface area contributed by atoms with Gasteiger partial charge in [0.1, 0.15) is 5.69 Å². The molecule has 0 amide bonds. The molecule has 7 heteroatoms. The van der Waals surface area contributed by atoms with Crippen LogP contribution in [0.15, 0.2) is 4.60 Å². The first-order valence-corrected chi connectivity index (χ1v) is 6.66. The van der Waals surface area contributed by atoms with Crippen LogP contribution in [0, 0.1) is 0 Å². The van der Waals surface area contributed by atoms with E-state index in [1.54, 1.807) is 7.05 Å². The quantitative estimate of drug-likeness (QED) is 0.774. The Labute approximate surface area is 114 Å². The monoisotopic (exact) mass is 316 g/mol. The van der Waals surface area contributed by atoms with E-state index in [2.05, 4.69) is 31.1 Å². The average Bonchev–Trinajstić information content (AvgIpc) is 2.69. The molecule has 1 aromatic heterocycles. The molecule has 0 unspecified atom stereocenters. The second-order valence-electron chi connectivity index (χ2n) is 4.84. The van der Waals surface area contributed by atoms with Crippen molar-refractivity contribution in [1.82, 2.24) is 19.9 Å². The van der Waals surface area contributed by atoms with Crippen LogP contribution in [0.25, 0.3) is 0 Å². The fraction of sp³-hybridized carbons (Fsp3) is 0.727. The molecule has 0 bridgehead atoms. The molecule has 6 nitrogen and oxygen atoms in total. The summed E-state index contributed by atoms with van der Waals surface area (Å²) in [6.07, 6.45) is 0. The number of nitrogens with zero attached hydrogens (tertiary/aromatic N) is 4. The number of halogens is 1. The van der Waals surface area contributed by atoms with E-state index in [1.807, 2.05) is 13.8 Å². The summed E-state index contributed by atoms with van der Waals surface area (Å²) in [5, 5.41) is 7.71. The molecule has 0 N–H and O–H groups in total. The standard InChI is InChI=1S/C11H17BrN4O2/c1-11(2,16-4-6-18-7-5-16)9(17)8-10(12)13-14-15(8)3/h4-7H2,1-3H3. The van der Waals surface area contributed by atoms with Gasteiger partial charge in [0.05, 0.1) is 18.8 Å². The van der Waals surface area contributed by atoms with Gasteiger partial charge in [-0.3, -0.25) is 9.69 Å². The normalized spacial score (nSPS) is 18.0. The number of rotatable bonds is 3. The van der Waals surface area contributed by atoms with Crippen LogP contribution < -0.4 is 0 Å². The molecule has 1 fully saturated rings. The lowest BCUT2D eigenvalue weighted by Gasteiger charge is -2.39. The maximum atomic E-state index is 12.7. The lowest BCUT2D eigenvalue weighted by molar-refractivity contribution is -0.00465. The van der Waals surface area contributed by atoms with E-state index in [0.717, 1.165) is 13.1 Å². The number of morpholine rings is 1. The second-order valence-corrected chi connectivity index (χ2v) is 5.59. The molecule has 2 heterocycles. The smallest absolute Gasteiger partial charge is 0.203 e. The third-order valence-corrected chi connectivity index (χ3v) is 3.89. The molecule has 1 aliphatic rings. The third-order valence-electron chi connectivity index (χ3n) is 3.36. The lowest BCUT2D eigenvalue weighted by atomic mass is 9.94. The van der Waals surface area contributed by atoms with Gasteiger partial charge in [0.2, 0.25) is 5.78 Å². The highest BCUT2D eigenvalue weighted by molar-refractivity contribution is 9.10. The van der Waals surface area contributed by atoms with Crippen molar-refractivity contribution in [1.29, 1.82) is 0 Å². The number of carbonyl (C=O) groups excluding carboxylic acids is 1. The Morgan fingerprint density at radius 1 is 1.39 bits per heavy atom. The Balaban J connectivity index is 2.26. The van der Waals surface area contributed by atoms with Gasteiger partial charge in [-0.25, -0.2) is 4.68 Å². The largest absolute Gasteiger partial charge is 0.379 e. The lowest BCUT2D eigenvalue weighted by Crippen LogP contribution is -2.54. The number of hydrogen-bond donors (Lipinski definition) is 0. The molecule has 1 saturated heterocycles. The SMILES string of the molecule is Cn1nnc(Br)c1C(=O)C(C)(C)N1CCOCC1. The Morgan fingerprint density at radius 3 is 2.50 bits per heavy atom. The second kappa shape index (κ2) is 5.07. The van der Waals surface area contributed by atoms with Crippen molar-refractivity contribution in [2.24, 2.45) is 7.05 Å². The molecule has 1 aromatic rings. The predicted molar refractivity (Wildman–Crippen MR) is 69.5 cm³/mol.